The van der Waals surface area contributed by atoms with Gasteiger partial charge >= 0.3 is 0 Å². The molecule has 0 aromatic carbocycles. The average molecular weight is 315 g/mol. The molecular weight excluding hydrogens is 280 g/mol. The van der Waals surface area contributed by atoms with Gasteiger partial charge in [-0.05, 0) is 38.4 Å². The molecule has 21 heavy (non-hydrogen) atoms. The van der Waals surface area contributed by atoms with Crippen molar-refractivity contribution in [3.05, 3.63) is 12.7 Å². The van der Waals surface area contributed by atoms with Crippen LogP contribution in [0.3, 0.4) is 0 Å². The van der Waals surface area contributed by atoms with E-state index in [2.05, 4.69) is 47.4 Å². The van der Waals surface area contributed by atoms with E-state index < -0.39 is 14.1 Å². The third-order valence-electron chi connectivity index (χ3n) is 4.59. The van der Waals surface area contributed by atoms with Gasteiger partial charge in [0.15, 0.2) is 14.1 Å². The monoisotopic (exact) mass is 314 g/mol. The molecule has 1 fully saturated rings. The predicted octanol–water partition coefficient (Wildman–Crippen LogP) is 4.88. The number of hydrogen-bond donors (Lipinski definition) is 0. The smallest absolute Gasteiger partial charge is 0.192 e. The molecule has 1 aliphatic heterocycles. The highest BCUT2D eigenvalue weighted by atomic mass is 28.4. The van der Waals surface area contributed by atoms with Gasteiger partial charge in [0.1, 0.15) is 12.2 Å². The minimum atomic E-state index is -1.83. The summed E-state index contributed by atoms with van der Waals surface area (Å²) in [6.45, 7) is 21.4. The molecule has 124 valence electrons. The lowest BCUT2D eigenvalue weighted by molar-refractivity contribution is -0.152. The predicted molar refractivity (Wildman–Crippen MR) is 91.0 cm³/mol. The zero-order valence-corrected chi connectivity index (χ0v) is 16.2. The molecule has 0 bridgehead atoms. The normalized spacial score (nSPS) is 27.6. The molecule has 0 aliphatic carbocycles. The van der Waals surface area contributed by atoms with Crippen molar-refractivity contribution in [1.29, 1.82) is 0 Å². The van der Waals surface area contributed by atoms with Gasteiger partial charge in [0.25, 0.3) is 0 Å². The summed E-state index contributed by atoms with van der Waals surface area (Å²) in [4.78, 5) is 0. The van der Waals surface area contributed by atoms with Crippen LogP contribution in [0.5, 0.6) is 0 Å². The molecule has 0 aromatic heterocycles. The highest BCUT2D eigenvalue weighted by Crippen LogP contribution is 2.40. The first-order valence-electron chi connectivity index (χ1n) is 8.09. The van der Waals surface area contributed by atoms with Crippen LogP contribution in [0.15, 0.2) is 12.7 Å². The van der Waals surface area contributed by atoms with Crippen molar-refractivity contribution in [2.75, 3.05) is 0 Å². The van der Waals surface area contributed by atoms with Crippen LogP contribution in [0.25, 0.3) is 0 Å². The summed E-state index contributed by atoms with van der Waals surface area (Å²) >= 11 is 0. The van der Waals surface area contributed by atoms with Gasteiger partial charge in [0.2, 0.25) is 0 Å². The third-order valence-corrected chi connectivity index (χ3v) is 9.09. The summed E-state index contributed by atoms with van der Waals surface area (Å²) in [5.41, 5.74) is 0. The van der Waals surface area contributed by atoms with Crippen molar-refractivity contribution in [2.45, 2.75) is 96.6 Å². The summed E-state index contributed by atoms with van der Waals surface area (Å²) in [6, 6.07) is 0. The second kappa shape index (κ2) is 6.53. The lowest BCUT2D eigenvalue weighted by atomic mass is 10.0. The van der Waals surface area contributed by atoms with E-state index in [1.54, 1.807) is 0 Å². The van der Waals surface area contributed by atoms with E-state index in [0.717, 1.165) is 12.8 Å². The van der Waals surface area contributed by atoms with Crippen molar-refractivity contribution in [3.8, 4) is 0 Å². The summed E-state index contributed by atoms with van der Waals surface area (Å²) < 4.78 is 18.7. The second-order valence-electron chi connectivity index (χ2n) is 8.01. The first-order chi connectivity index (χ1) is 9.43. The fraction of sp³-hybridized carbons (Fsp3) is 0.882. The van der Waals surface area contributed by atoms with E-state index in [4.69, 9.17) is 13.9 Å². The molecule has 0 spiro atoms. The van der Waals surface area contributed by atoms with E-state index in [1.165, 1.54) is 0 Å². The fourth-order valence-electron chi connectivity index (χ4n) is 2.42. The van der Waals surface area contributed by atoms with Gasteiger partial charge < -0.3 is 13.9 Å². The van der Waals surface area contributed by atoms with Gasteiger partial charge in [-0.3, -0.25) is 0 Å². The van der Waals surface area contributed by atoms with Crippen molar-refractivity contribution >= 4 is 8.32 Å². The van der Waals surface area contributed by atoms with Crippen LogP contribution in [0, 0.1) is 0 Å². The van der Waals surface area contributed by atoms with Crippen molar-refractivity contribution in [3.63, 3.8) is 0 Å². The maximum atomic E-state index is 6.64. The molecule has 0 unspecified atom stereocenters. The standard InChI is InChI=1S/C17H34O3Si/c1-10-12-14(20-21(8,9)16(3,4)5)15-13(11-2)18-17(6,7)19-15/h11,13-15H,2,10,12H2,1,3-9H3/t13-,14-,15+/m1/s1. The van der Waals surface area contributed by atoms with Gasteiger partial charge in [-0.2, -0.15) is 0 Å². The number of ether oxygens (including phenoxy) is 2. The molecule has 3 atom stereocenters. The Morgan fingerprint density at radius 2 is 1.86 bits per heavy atom. The van der Waals surface area contributed by atoms with Crippen LogP contribution in [-0.4, -0.2) is 32.4 Å². The Morgan fingerprint density at radius 3 is 2.29 bits per heavy atom. The van der Waals surface area contributed by atoms with Crippen LogP contribution in [0.1, 0.15) is 54.4 Å². The highest BCUT2D eigenvalue weighted by molar-refractivity contribution is 6.74. The average Bonchev–Trinajstić information content (AvgIpc) is 2.62. The van der Waals surface area contributed by atoms with Crippen LogP contribution >= 0.6 is 0 Å². The maximum absolute atomic E-state index is 6.64. The minimum Gasteiger partial charge on any atom is -0.411 e. The Morgan fingerprint density at radius 1 is 1.29 bits per heavy atom. The van der Waals surface area contributed by atoms with E-state index in [9.17, 15) is 0 Å². The van der Waals surface area contributed by atoms with Gasteiger partial charge in [0, 0.05) is 0 Å². The highest BCUT2D eigenvalue weighted by Gasteiger charge is 2.47. The van der Waals surface area contributed by atoms with Crippen molar-refractivity contribution < 1.29 is 13.9 Å². The van der Waals surface area contributed by atoms with Crippen LogP contribution < -0.4 is 0 Å². The Hall–Kier alpha value is -0.163. The molecule has 1 saturated heterocycles. The van der Waals surface area contributed by atoms with Gasteiger partial charge in [-0.15, -0.1) is 6.58 Å². The Labute approximate surface area is 132 Å². The molecule has 1 rings (SSSR count). The largest absolute Gasteiger partial charge is 0.411 e. The summed E-state index contributed by atoms with van der Waals surface area (Å²) in [5, 5.41) is 0.192. The molecule has 3 nitrogen and oxygen atoms in total. The van der Waals surface area contributed by atoms with Crippen molar-refractivity contribution in [1.82, 2.24) is 0 Å². The Bertz CT molecular complexity index is 358. The summed E-state index contributed by atoms with van der Waals surface area (Å²) in [5.74, 6) is -0.563. The summed E-state index contributed by atoms with van der Waals surface area (Å²) in [7, 11) is -1.83. The lowest BCUT2D eigenvalue weighted by Gasteiger charge is -2.41. The van der Waals surface area contributed by atoms with Crippen molar-refractivity contribution in [2.24, 2.45) is 0 Å². The summed E-state index contributed by atoms with van der Waals surface area (Å²) in [6.07, 6.45) is 3.81. The second-order valence-corrected chi connectivity index (χ2v) is 12.8. The molecule has 1 aliphatic rings. The zero-order chi connectivity index (χ0) is 16.5. The van der Waals surface area contributed by atoms with Crippen LogP contribution in [0.2, 0.25) is 18.1 Å². The van der Waals surface area contributed by atoms with Gasteiger partial charge in [-0.1, -0.05) is 40.2 Å². The Balaban J connectivity index is 2.94. The molecule has 1 heterocycles. The molecule has 0 amide bonds. The molecule has 0 radical (unpaired) electrons. The van der Waals surface area contributed by atoms with E-state index in [0.29, 0.717) is 0 Å². The molecular formula is C17H34O3Si. The first kappa shape index (κ1) is 18.9. The lowest BCUT2D eigenvalue weighted by Crippen LogP contribution is -2.49. The molecule has 4 heteroatoms. The quantitative estimate of drug-likeness (QED) is 0.516. The van der Waals surface area contributed by atoms with Gasteiger partial charge in [0.05, 0.1) is 6.10 Å². The Kier molecular flexibility index (Phi) is 5.87. The molecule has 0 N–H and O–H groups in total. The fourth-order valence-corrected chi connectivity index (χ4v) is 3.78. The van der Waals surface area contributed by atoms with E-state index in [-0.39, 0.29) is 23.4 Å². The zero-order valence-electron chi connectivity index (χ0n) is 15.2. The third kappa shape index (κ3) is 4.65. The maximum Gasteiger partial charge on any atom is 0.192 e. The van der Waals surface area contributed by atoms with Crippen LogP contribution in [0.4, 0.5) is 0 Å². The van der Waals surface area contributed by atoms with Crippen LogP contribution in [-0.2, 0) is 13.9 Å². The van der Waals surface area contributed by atoms with Gasteiger partial charge in [-0.25, -0.2) is 0 Å². The van der Waals surface area contributed by atoms with E-state index >= 15 is 0 Å². The first-order valence-corrected chi connectivity index (χ1v) is 11.0. The topological polar surface area (TPSA) is 27.7 Å². The molecule has 0 aromatic rings. The number of hydrogen-bond acceptors (Lipinski definition) is 3. The minimum absolute atomic E-state index is 0.0634. The molecule has 0 saturated carbocycles. The SMILES string of the molecule is C=C[C@H]1OC(C)(C)O[C@@H]1[C@@H](CCC)O[Si](C)(C)C(C)(C)C. The van der Waals surface area contributed by atoms with E-state index in [1.807, 2.05) is 19.9 Å². The number of rotatable bonds is 6.